The smallest absolute Gasteiger partial charge is 0.0928 e. The van der Waals surface area contributed by atoms with Gasteiger partial charge in [-0.1, -0.05) is 13.3 Å². The van der Waals surface area contributed by atoms with E-state index in [1.807, 2.05) is 5.38 Å². The van der Waals surface area contributed by atoms with Crippen molar-refractivity contribution in [3.8, 4) is 0 Å². The normalized spacial score (nSPS) is 10.4. The van der Waals surface area contributed by atoms with E-state index in [1.165, 1.54) is 17.8 Å². The molecule has 1 nitrogen and oxygen atoms in total. The molecule has 3 heteroatoms. The van der Waals surface area contributed by atoms with E-state index in [9.17, 15) is 0 Å². The van der Waals surface area contributed by atoms with E-state index < -0.39 is 0 Å². The summed E-state index contributed by atoms with van der Waals surface area (Å²) in [5.74, 6) is 0.544. The van der Waals surface area contributed by atoms with Crippen molar-refractivity contribution in [1.82, 2.24) is 4.98 Å². The molecule has 0 N–H and O–H groups in total. The van der Waals surface area contributed by atoms with Gasteiger partial charge in [-0.3, -0.25) is 0 Å². The summed E-state index contributed by atoms with van der Waals surface area (Å²) < 4.78 is 0. The number of rotatable bonds is 4. The van der Waals surface area contributed by atoms with Crippen LogP contribution in [0.2, 0.25) is 0 Å². The standard InChI is InChI=1S/C8H12ClNS/c1-2-3-4-8-10-7(5-9)6-11-8/h6H,2-5H2,1H3. The number of alkyl halides is 1. The first-order chi connectivity index (χ1) is 5.36. The zero-order valence-corrected chi connectivity index (χ0v) is 8.21. The van der Waals surface area contributed by atoms with Gasteiger partial charge < -0.3 is 0 Å². The minimum atomic E-state index is 0.544. The van der Waals surface area contributed by atoms with Crippen molar-refractivity contribution in [2.75, 3.05) is 0 Å². The first kappa shape index (κ1) is 9.01. The van der Waals surface area contributed by atoms with Crippen LogP contribution in [-0.2, 0) is 12.3 Å². The van der Waals surface area contributed by atoms with Crippen molar-refractivity contribution >= 4 is 22.9 Å². The zero-order chi connectivity index (χ0) is 8.10. The molecule has 11 heavy (non-hydrogen) atoms. The number of hydrogen-bond donors (Lipinski definition) is 0. The highest BCUT2D eigenvalue weighted by atomic mass is 35.5. The van der Waals surface area contributed by atoms with Crippen molar-refractivity contribution in [2.45, 2.75) is 32.1 Å². The maximum absolute atomic E-state index is 5.62. The van der Waals surface area contributed by atoms with E-state index in [0.717, 1.165) is 12.1 Å². The van der Waals surface area contributed by atoms with Gasteiger partial charge in [0, 0.05) is 5.38 Å². The summed E-state index contributed by atoms with van der Waals surface area (Å²) in [5.41, 5.74) is 1.02. The largest absolute Gasteiger partial charge is 0.245 e. The zero-order valence-electron chi connectivity index (χ0n) is 6.64. The lowest BCUT2D eigenvalue weighted by atomic mass is 10.3. The lowest BCUT2D eigenvalue weighted by Gasteiger charge is -1.90. The molecule has 0 spiro atoms. The van der Waals surface area contributed by atoms with Crippen LogP contribution in [0.3, 0.4) is 0 Å². The van der Waals surface area contributed by atoms with Crippen LogP contribution in [-0.4, -0.2) is 4.98 Å². The monoisotopic (exact) mass is 189 g/mol. The minimum absolute atomic E-state index is 0.544. The Morgan fingerprint density at radius 1 is 1.64 bits per heavy atom. The fourth-order valence-electron chi connectivity index (χ4n) is 0.853. The van der Waals surface area contributed by atoms with Crippen LogP contribution in [0.4, 0.5) is 0 Å². The van der Waals surface area contributed by atoms with Gasteiger partial charge in [-0.2, -0.15) is 0 Å². The van der Waals surface area contributed by atoms with E-state index in [2.05, 4.69) is 11.9 Å². The van der Waals surface area contributed by atoms with Crippen LogP contribution in [0, 0.1) is 0 Å². The Balaban J connectivity index is 2.44. The molecule has 0 saturated heterocycles. The molecule has 0 unspecified atom stereocenters. The third kappa shape index (κ3) is 2.80. The highest BCUT2D eigenvalue weighted by Gasteiger charge is 1.98. The van der Waals surface area contributed by atoms with Crippen LogP contribution >= 0.6 is 22.9 Å². The number of aromatic nitrogens is 1. The summed E-state index contributed by atoms with van der Waals surface area (Å²) in [6, 6.07) is 0. The van der Waals surface area contributed by atoms with E-state index in [4.69, 9.17) is 11.6 Å². The first-order valence-electron chi connectivity index (χ1n) is 3.86. The highest BCUT2D eigenvalue weighted by molar-refractivity contribution is 7.09. The number of halogens is 1. The van der Waals surface area contributed by atoms with Crippen molar-refractivity contribution < 1.29 is 0 Å². The molecule has 0 bridgehead atoms. The molecule has 0 aliphatic heterocycles. The van der Waals surface area contributed by atoms with Crippen LogP contribution < -0.4 is 0 Å². The van der Waals surface area contributed by atoms with Gasteiger partial charge in [-0.05, 0) is 12.8 Å². The van der Waals surface area contributed by atoms with Gasteiger partial charge in [0.05, 0.1) is 16.6 Å². The fourth-order valence-corrected chi connectivity index (χ4v) is 1.92. The molecule has 0 radical (unpaired) electrons. The van der Waals surface area contributed by atoms with E-state index in [-0.39, 0.29) is 0 Å². The van der Waals surface area contributed by atoms with E-state index in [0.29, 0.717) is 5.88 Å². The Hall–Kier alpha value is -0.0800. The van der Waals surface area contributed by atoms with Gasteiger partial charge >= 0.3 is 0 Å². The number of aryl methyl sites for hydroxylation is 1. The molecule has 1 heterocycles. The van der Waals surface area contributed by atoms with Gasteiger partial charge in [-0.15, -0.1) is 22.9 Å². The third-order valence-electron chi connectivity index (χ3n) is 1.48. The van der Waals surface area contributed by atoms with Crippen molar-refractivity contribution in [3.63, 3.8) is 0 Å². The predicted octanol–water partition coefficient (Wildman–Crippen LogP) is 3.22. The van der Waals surface area contributed by atoms with Crippen LogP contribution in [0.25, 0.3) is 0 Å². The molecule has 62 valence electrons. The Bertz CT molecular complexity index is 210. The lowest BCUT2D eigenvalue weighted by molar-refractivity contribution is 0.788. The van der Waals surface area contributed by atoms with Gasteiger partial charge in [0.15, 0.2) is 0 Å². The van der Waals surface area contributed by atoms with Gasteiger partial charge in [-0.25, -0.2) is 4.98 Å². The Morgan fingerprint density at radius 3 is 3.00 bits per heavy atom. The Morgan fingerprint density at radius 2 is 2.45 bits per heavy atom. The van der Waals surface area contributed by atoms with Crippen LogP contribution in [0.15, 0.2) is 5.38 Å². The van der Waals surface area contributed by atoms with Gasteiger partial charge in [0.2, 0.25) is 0 Å². The summed E-state index contributed by atoms with van der Waals surface area (Å²) in [5, 5.41) is 3.26. The molecule has 0 atom stereocenters. The van der Waals surface area contributed by atoms with Crippen molar-refractivity contribution in [3.05, 3.63) is 16.1 Å². The summed E-state index contributed by atoms with van der Waals surface area (Å²) in [4.78, 5) is 4.35. The third-order valence-corrected chi connectivity index (χ3v) is 2.71. The maximum Gasteiger partial charge on any atom is 0.0928 e. The second-order valence-corrected chi connectivity index (χ2v) is 3.68. The first-order valence-corrected chi connectivity index (χ1v) is 5.27. The molecule has 0 aliphatic carbocycles. The fraction of sp³-hybridized carbons (Fsp3) is 0.625. The van der Waals surface area contributed by atoms with Gasteiger partial charge in [0.1, 0.15) is 0 Å². The Kier molecular flexibility index (Phi) is 3.87. The second kappa shape index (κ2) is 4.73. The summed E-state index contributed by atoms with van der Waals surface area (Å²) in [6.45, 7) is 2.19. The van der Waals surface area contributed by atoms with E-state index >= 15 is 0 Å². The molecule has 0 aliphatic rings. The molecule has 1 aromatic heterocycles. The summed E-state index contributed by atoms with van der Waals surface area (Å²) >= 11 is 7.34. The number of thiazole rings is 1. The molecule has 0 fully saturated rings. The SMILES string of the molecule is CCCCc1nc(CCl)cs1. The number of hydrogen-bond acceptors (Lipinski definition) is 2. The minimum Gasteiger partial charge on any atom is -0.245 e. The number of nitrogens with zero attached hydrogens (tertiary/aromatic N) is 1. The molecular formula is C8H12ClNS. The van der Waals surface area contributed by atoms with Crippen LogP contribution in [0.1, 0.15) is 30.5 Å². The summed E-state index contributed by atoms with van der Waals surface area (Å²) in [6.07, 6.45) is 3.57. The highest BCUT2D eigenvalue weighted by Crippen LogP contribution is 2.13. The quantitative estimate of drug-likeness (QED) is 0.663. The average Bonchev–Trinajstić information content (AvgIpc) is 2.48. The summed E-state index contributed by atoms with van der Waals surface area (Å²) in [7, 11) is 0. The van der Waals surface area contributed by atoms with Crippen molar-refractivity contribution in [1.29, 1.82) is 0 Å². The lowest BCUT2D eigenvalue weighted by Crippen LogP contribution is -1.83. The molecule has 0 amide bonds. The average molecular weight is 190 g/mol. The molecular weight excluding hydrogens is 178 g/mol. The molecule has 1 rings (SSSR count). The number of unbranched alkanes of at least 4 members (excludes halogenated alkanes) is 1. The van der Waals surface area contributed by atoms with E-state index in [1.54, 1.807) is 11.3 Å². The maximum atomic E-state index is 5.62. The molecule has 0 aromatic carbocycles. The second-order valence-electron chi connectivity index (χ2n) is 2.47. The van der Waals surface area contributed by atoms with Crippen molar-refractivity contribution in [2.24, 2.45) is 0 Å². The topological polar surface area (TPSA) is 12.9 Å². The predicted molar refractivity (Wildman–Crippen MR) is 50.3 cm³/mol. The Labute approximate surface area is 76.4 Å². The molecule has 1 aromatic rings. The molecule has 0 saturated carbocycles. The van der Waals surface area contributed by atoms with Gasteiger partial charge in [0.25, 0.3) is 0 Å². The van der Waals surface area contributed by atoms with Crippen LogP contribution in [0.5, 0.6) is 0 Å².